The number of amides is 1. The van der Waals surface area contributed by atoms with E-state index in [1.807, 2.05) is 12.1 Å². The van der Waals surface area contributed by atoms with Gasteiger partial charge in [0, 0.05) is 25.3 Å². The minimum absolute atomic E-state index is 0.0870. The van der Waals surface area contributed by atoms with Gasteiger partial charge in [0.25, 0.3) is 0 Å². The Morgan fingerprint density at radius 3 is 2.55 bits per heavy atom. The zero-order valence-electron chi connectivity index (χ0n) is 12.7. The third-order valence-corrected chi connectivity index (χ3v) is 3.76. The third kappa shape index (κ3) is 4.34. The van der Waals surface area contributed by atoms with Gasteiger partial charge in [-0.05, 0) is 41.9 Å². The van der Waals surface area contributed by atoms with E-state index in [1.165, 1.54) is 5.56 Å². The molecule has 1 aliphatic heterocycles. The highest BCUT2D eigenvalue weighted by Crippen LogP contribution is 2.24. The second-order valence-electron chi connectivity index (χ2n) is 6.66. The van der Waals surface area contributed by atoms with Crippen molar-refractivity contribution in [2.75, 3.05) is 18.5 Å². The van der Waals surface area contributed by atoms with Crippen molar-refractivity contribution in [3.63, 3.8) is 0 Å². The molecule has 0 saturated carbocycles. The number of carbonyl (C=O) groups excluding carboxylic acids is 1. The highest BCUT2D eigenvalue weighted by Gasteiger charge is 2.18. The molecule has 20 heavy (non-hydrogen) atoms. The molecule has 0 radical (unpaired) electrons. The van der Waals surface area contributed by atoms with Crippen molar-refractivity contribution < 1.29 is 9.53 Å². The molecule has 1 aromatic rings. The van der Waals surface area contributed by atoms with Crippen molar-refractivity contribution in [1.29, 1.82) is 0 Å². The highest BCUT2D eigenvalue weighted by atomic mass is 16.5. The van der Waals surface area contributed by atoms with Crippen LogP contribution in [0.25, 0.3) is 0 Å². The monoisotopic (exact) mass is 275 g/mol. The summed E-state index contributed by atoms with van der Waals surface area (Å²) < 4.78 is 5.41. The topological polar surface area (TPSA) is 38.3 Å². The standard InChI is InChI=1S/C17H25NO2/c1-17(2,3)14-6-8-15(9-7-14)18-16(19)11-13-5-4-10-20-12-13/h6-9,13H,4-5,10-12H2,1-3H3,(H,18,19). The zero-order chi connectivity index (χ0) is 14.6. The smallest absolute Gasteiger partial charge is 0.224 e. The van der Waals surface area contributed by atoms with Gasteiger partial charge in [-0.25, -0.2) is 0 Å². The first-order valence-electron chi connectivity index (χ1n) is 7.43. The summed E-state index contributed by atoms with van der Waals surface area (Å²) in [6.45, 7) is 8.11. The molecule has 2 rings (SSSR count). The quantitative estimate of drug-likeness (QED) is 0.912. The van der Waals surface area contributed by atoms with Crippen molar-refractivity contribution >= 4 is 11.6 Å². The number of ether oxygens (including phenoxy) is 1. The Bertz CT molecular complexity index is 439. The van der Waals surface area contributed by atoms with E-state index in [0.29, 0.717) is 12.3 Å². The van der Waals surface area contributed by atoms with Crippen LogP contribution in [0.3, 0.4) is 0 Å². The number of benzene rings is 1. The van der Waals surface area contributed by atoms with Crippen molar-refractivity contribution in [2.45, 2.75) is 45.4 Å². The lowest BCUT2D eigenvalue weighted by Gasteiger charge is -2.21. The maximum absolute atomic E-state index is 12.0. The zero-order valence-corrected chi connectivity index (χ0v) is 12.7. The van der Waals surface area contributed by atoms with Crippen LogP contribution < -0.4 is 5.32 Å². The number of carbonyl (C=O) groups is 1. The third-order valence-electron chi connectivity index (χ3n) is 3.76. The van der Waals surface area contributed by atoms with Gasteiger partial charge in [0.15, 0.2) is 0 Å². The summed E-state index contributed by atoms with van der Waals surface area (Å²) in [5.41, 5.74) is 2.29. The minimum Gasteiger partial charge on any atom is -0.381 e. The Balaban J connectivity index is 1.87. The number of hydrogen-bond acceptors (Lipinski definition) is 2. The van der Waals surface area contributed by atoms with E-state index in [4.69, 9.17) is 4.74 Å². The van der Waals surface area contributed by atoms with Gasteiger partial charge in [-0.1, -0.05) is 32.9 Å². The van der Waals surface area contributed by atoms with E-state index in [1.54, 1.807) is 0 Å². The molecule has 1 aromatic carbocycles. The lowest BCUT2D eigenvalue weighted by molar-refractivity contribution is -0.118. The molecule has 110 valence electrons. The van der Waals surface area contributed by atoms with E-state index >= 15 is 0 Å². The summed E-state index contributed by atoms with van der Waals surface area (Å²) in [5, 5.41) is 2.97. The molecule has 1 heterocycles. The summed E-state index contributed by atoms with van der Waals surface area (Å²) in [6.07, 6.45) is 2.72. The van der Waals surface area contributed by atoms with Crippen LogP contribution >= 0.6 is 0 Å². The summed E-state index contributed by atoms with van der Waals surface area (Å²) in [5.74, 6) is 0.460. The van der Waals surface area contributed by atoms with Crippen LogP contribution in [0.4, 0.5) is 5.69 Å². The van der Waals surface area contributed by atoms with E-state index in [9.17, 15) is 4.79 Å². The summed E-state index contributed by atoms with van der Waals surface area (Å²) in [6, 6.07) is 8.13. The van der Waals surface area contributed by atoms with Gasteiger partial charge in [-0.2, -0.15) is 0 Å². The second-order valence-corrected chi connectivity index (χ2v) is 6.66. The summed E-state index contributed by atoms with van der Waals surface area (Å²) >= 11 is 0. The van der Waals surface area contributed by atoms with Crippen molar-refractivity contribution in [3.05, 3.63) is 29.8 Å². The van der Waals surface area contributed by atoms with Crippen LogP contribution in [0.5, 0.6) is 0 Å². The molecular weight excluding hydrogens is 250 g/mol. The number of hydrogen-bond donors (Lipinski definition) is 1. The molecule has 1 aliphatic rings. The Labute approximate surface area is 121 Å². The van der Waals surface area contributed by atoms with E-state index in [2.05, 4.69) is 38.2 Å². The normalized spacial score (nSPS) is 19.6. The molecule has 0 aliphatic carbocycles. The van der Waals surface area contributed by atoms with Crippen LogP contribution in [0, 0.1) is 5.92 Å². The lowest BCUT2D eigenvalue weighted by atomic mass is 9.87. The van der Waals surface area contributed by atoms with Crippen LogP contribution in [0.2, 0.25) is 0 Å². The molecule has 1 saturated heterocycles. The fourth-order valence-corrected chi connectivity index (χ4v) is 2.50. The Hall–Kier alpha value is -1.35. The first-order chi connectivity index (χ1) is 9.45. The fraction of sp³-hybridized carbons (Fsp3) is 0.588. The first kappa shape index (κ1) is 15.0. The Morgan fingerprint density at radius 1 is 1.30 bits per heavy atom. The summed E-state index contributed by atoms with van der Waals surface area (Å²) in [7, 11) is 0. The SMILES string of the molecule is CC(C)(C)c1ccc(NC(=O)CC2CCCOC2)cc1. The lowest BCUT2D eigenvalue weighted by Crippen LogP contribution is -2.23. The van der Waals surface area contributed by atoms with Crippen molar-refractivity contribution in [1.82, 2.24) is 0 Å². The van der Waals surface area contributed by atoms with Crippen molar-refractivity contribution in [3.8, 4) is 0 Å². The van der Waals surface area contributed by atoms with Crippen LogP contribution in [0.15, 0.2) is 24.3 Å². The van der Waals surface area contributed by atoms with Crippen LogP contribution in [0.1, 0.15) is 45.6 Å². The van der Waals surface area contributed by atoms with Gasteiger partial charge in [-0.15, -0.1) is 0 Å². The van der Waals surface area contributed by atoms with E-state index < -0.39 is 0 Å². The molecule has 1 unspecified atom stereocenters. The average Bonchev–Trinajstić information content (AvgIpc) is 2.39. The predicted molar refractivity (Wildman–Crippen MR) is 81.9 cm³/mol. The molecule has 0 aromatic heterocycles. The molecule has 1 atom stereocenters. The highest BCUT2D eigenvalue weighted by molar-refractivity contribution is 5.90. The predicted octanol–water partition coefficient (Wildman–Crippen LogP) is 3.74. The molecule has 1 N–H and O–H groups in total. The van der Waals surface area contributed by atoms with Gasteiger partial charge in [0.05, 0.1) is 0 Å². The largest absolute Gasteiger partial charge is 0.381 e. The van der Waals surface area contributed by atoms with Gasteiger partial charge < -0.3 is 10.1 Å². The van der Waals surface area contributed by atoms with Gasteiger partial charge in [0.1, 0.15) is 0 Å². The van der Waals surface area contributed by atoms with Crippen molar-refractivity contribution in [2.24, 2.45) is 5.92 Å². The number of anilines is 1. The first-order valence-corrected chi connectivity index (χ1v) is 7.43. The molecule has 3 heteroatoms. The van der Waals surface area contributed by atoms with Crippen LogP contribution in [-0.2, 0) is 14.9 Å². The molecule has 0 bridgehead atoms. The molecule has 1 amide bonds. The van der Waals surface area contributed by atoms with Gasteiger partial charge in [0.2, 0.25) is 5.91 Å². The second kappa shape index (κ2) is 6.40. The van der Waals surface area contributed by atoms with Gasteiger partial charge in [-0.3, -0.25) is 4.79 Å². The minimum atomic E-state index is 0.0870. The number of nitrogens with one attached hydrogen (secondary N) is 1. The summed E-state index contributed by atoms with van der Waals surface area (Å²) in [4.78, 5) is 12.0. The van der Waals surface area contributed by atoms with Crippen LogP contribution in [-0.4, -0.2) is 19.1 Å². The average molecular weight is 275 g/mol. The maximum atomic E-state index is 12.0. The number of rotatable bonds is 3. The van der Waals surface area contributed by atoms with E-state index in [0.717, 1.165) is 31.7 Å². The Kier molecular flexibility index (Phi) is 4.81. The molecular formula is C17H25NO2. The molecule has 1 fully saturated rings. The van der Waals surface area contributed by atoms with E-state index in [-0.39, 0.29) is 11.3 Å². The maximum Gasteiger partial charge on any atom is 0.224 e. The molecule has 3 nitrogen and oxygen atoms in total. The molecule has 0 spiro atoms. The van der Waals surface area contributed by atoms with Gasteiger partial charge >= 0.3 is 0 Å². The Morgan fingerprint density at radius 2 is 2.00 bits per heavy atom. The fourth-order valence-electron chi connectivity index (χ4n) is 2.50.